The zero-order chi connectivity index (χ0) is 15.3. The maximum atomic E-state index is 12.7. The topological polar surface area (TPSA) is 74.4 Å². The van der Waals surface area contributed by atoms with Crippen LogP contribution in [0.25, 0.3) is 0 Å². The molecule has 0 radical (unpaired) electrons. The second-order valence-corrected chi connectivity index (χ2v) is 7.27. The summed E-state index contributed by atoms with van der Waals surface area (Å²) < 4.78 is 32.0. The average molecular weight is 315 g/mol. The van der Waals surface area contributed by atoms with E-state index in [9.17, 15) is 8.42 Å². The van der Waals surface area contributed by atoms with E-state index in [1.54, 1.807) is 23.7 Å². The van der Waals surface area contributed by atoms with Crippen molar-refractivity contribution in [1.82, 2.24) is 14.6 Å². The van der Waals surface area contributed by atoms with Gasteiger partial charge in [0.15, 0.2) is 0 Å². The number of hydrogen-bond acceptors (Lipinski definition) is 4. The lowest BCUT2D eigenvalue weighted by Crippen LogP contribution is -2.35. The normalized spacial score (nSPS) is 15.8. The van der Waals surface area contributed by atoms with Crippen molar-refractivity contribution in [3.63, 3.8) is 0 Å². The van der Waals surface area contributed by atoms with Crippen molar-refractivity contribution in [2.75, 3.05) is 26.8 Å². The van der Waals surface area contributed by atoms with Crippen molar-refractivity contribution in [2.45, 2.75) is 43.7 Å². The highest BCUT2D eigenvalue weighted by atomic mass is 32.2. The van der Waals surface area contributed by atoms with Crippen molar-refractivity contribution in [1.29, 1.82) is 0 Å². The van der Waals surface area contributed by atoms with E-state index in [4.69, 9.17) is 4.74 Å². The number of aromatic nitrogens is 1. The Labute approximate surface area is 126 Å². The molecule has 0 spiro atoms. The third-order valence-corrected chi connectivity index (χ3v) is 5.46. The van der Waals surface area contributed by atoms with Crippen molar-refractivity contribution in [3.8, 4) is 0 Å². The summed E-state index contributed by atoms with van der Waals surface area (Å²) in [6.45, 7) is 4.51. The highest BCUT2D eigenvalue weighted by Crippen LogP contribution is 2.31. The minimum atomic E-state index is -3.43. The summed E-state index contributed by atoms with van der Waals surface area (Å²) in [4.78, 5) is 3.39. The smallest absolute Gasteiger partial charge is 0.244 e. The van der Waals surface area contributed by atoms with Gasteiger partial charge in [-0.05, 0) is 31.9 Å². The second-order valence-electron chi connectivity index (χ2n) is 5.38. The summed E-state index contributed by atoms with van der Waals surface area (Å²) in [6, 6.07) is 1.86. The third kappa shape index (κ3) is 4.29. The lowest BCUT2D eigenvalue weighted by molar-refractivity contribution is 0.177. The largest absolute Gasteiger partial charge is 0.383 e. The lowest BCUT2D eigenvalue weighted by Gasteiger charge is -2.20. The molecule has 1 fully saturated rings. The first-order valence-corrected chi connectivity index (χ1v) is 8.92. The first-order valence-electron chi connectivity index (χ1n) is 7.48. The number of nitrogens with zero attached hydrogens (tertiary/aromatic N) is 1. The molecule has 0 bridgehead atoms. The molecule has 21 heavy (non-hydrogen) atoms. The van der Waals surface area contributed by atoms with Gasteiger partial charge in [0.1, 0.15) is 0 Å². The Hall–Kier alpha value is -0.890. The van der Waals surface area contributed by atoms with Crippen LogP contribution >= 0.6 is 0 Å². The molecule has 1 saturated carbocycles. The Morgan fingerprint density at radius 3 is 2.86 bits per heavy atom. The van der Waals surface area contributed by atoms with E-state index in [0.717, 1.165) is 31.5 Å². The minimum absolute atomic E-state index is 0.140. The van der Waals surface area contributed by atoms with Crippen LogP contribution in [0.1, 0.15) is 31.9 Å². The predicted molar refractivity (Wildman–Crippen MR) is 81.6 cm³/mol. The number of methoxy groups -OCH3 is 1. The molecule has 1 aromatic heterocycles. The summed E-state index contributed by atoms with van der Waals surface area (Å²) in [7, 11) is -1.84. The molecule has 0 amide bonds. The van der Waals surface area contributed by atoms with Gasteiger partial charge in [-0.1, -0.05) is 6.92 Å². The van der Waals surface area contributed by atoms with Crippen LogP contribution in [0.2, 0.25) is 0 Å². The zero-order valence-electron chi connectivity index (χ0n) is 12.8. The van der Waals surface area contributed by atoms with Gasteiger partial charge < -0.3 is 15.0 Å². The van der Waals surface area contributed by atoms with E-state index in [0.29, 0.717) is 24.6 Å². The summed E-state index contributed by atoms with van der Waals surface area (Å²) in [5.41, 5.74) is 0.893. The third-order valence-electron chi connectivity index (χ3n) is 3.54. The number of rotatable bonds is 10. The first-order chi connectivity index (χ1) is 10.1. The van der Waals surface area contributed by atoms with Crippen LogP contribution in [-0.2, 0) is 21.3 Å². The number of hydrogen-bond donors (Lipinski definition) is 2. The number of aromatic amines is 1. The van der Waals surface area contributed by atoms with Gasteiger partial charge in [0.05, 0.1) is 11.5 Å². The molecule has 7 heteroatoms. The highest BCUT2D eigenvalue weighted by Gasteiger charge is 2.38. The van der Waals surface area contributed by atoms with E-state index in [2.05, 4.69) is 17.2 Å². The fourth-order valence-electron chi connectivity index (χ4n) is 2.25. The van der Waals surface area contributed by atoms with Gasteiger partial charge in [0, 0.05) is 38.1 Å². The molecule has 1 heterocycles. The molecule has 120 valence electrons. The van der Waals surface area contributed by atoms with Crippen LogP contribution < -0.4 is 5.32 Å². The van der Waals surface area contributed by atoms with E-state index in [-0.39, 0.29) is 6.04 Å². The molecule has 0 aliphatic heterocycles. The number of nitrogens with one attached hydrogen (secondary N) is 2. The van der Waals surface area contributed by atoms with Gasteiger partial charge in [-0.3, -0.25) is 0 Å². The molecule has 0 saturated heterocycles. The van der Waals surface area contributed by atoms with Crippen molar-refractivity contribution >= 4 is 10.0 Å². The molecular formula is C14H25N3O3S. The molecule has 1 aliphatic rings. The highest BCUT2D eigenvalue weighted by molar-refractivity contribution is 7.89. The number of H-pyrrole nitrogens is 1. The molecule has 1 aliphatic carbocycles. The first kappa shape index (κ1) is 16.5. The Balaban J connectivity index is 2.06. The summed E-state index contributed by atoms with van der Waals surface area (Å²) in [5.74, 6) is 0. The van der Waals surface area contributed by atoms with Crippen molar-refractivity contribution in [2.24, 2.45) is 0 Å². The SMILES string of the molecule is CCCNCc1cc(S(=O)(=O)N(CCOC)C2CC2)c[nH]1. The average Bonchev–Trinajstić information content (AvgIpc) is 3.16. The fraction of sp³-hybridized carbons (Fsp3) is 0.714. The van der Waals surface area contributed by atoms with Crippen LogP contribution in [0.5, 0.6) is 0 Å². The predicted octanol–water partition coefficient (Wildman–Crippen LogP) is 1.31. The van der Waals surface area contributed by atoms with Crippen LogP contribution in [0.3, 0.4) is 0 Å². The van der Waals surface area contributed by atoms with Gasteiger partial charge >= 0.3 is 0 Å². The van der Waals surface area contributed by atoms with Crippen molar-refractivity contribution in [3.05, 3.63) is 18.0 Å². The van der Waals surface area contributed by atoms with Crippen LogP contribution in [0.4, 0.5) is 0 Å². The summed E-state index contributed by atoms with van der Waals surface area (Å²) >= 11 is 0. The minimum Gasteiger partial charge on any atom is -0.383 e. The van der Waals surface area contributed by atoms with Gasteiger partial charge in [0.25, 0.3) is 0 Å². The van der Waals surface area contributed by atoms with Crippen molar-refractivity contribution < 1.29 is 13.2 Å². The van der Waals surface area contributed by atoms with Crippen LogP contribution in [0.15, 0.2) is 17.2 Å². The molecule has 0 unspecified atom stereocenters. The van der Waals surface area contributed by atoms with Gasteiger partial charge in [-0.25, -0.2) is 8.42 Å². The number of ether oxygens (including phenoxy) is 1. The lowest BCUT2D eigenvalue weighted by atomic mass is 10.4. The molecule has 6 nitrogen and oxygen atoms in total. The van der Waals surface area contributed by atoms with E-state index < -0.39 is 10.0 Å². The van der Waals surface area contributed by atoms with Gasteiger partial charge in [0.2, 0.25) is 10.0 Å². The Morgan fingerprint density at radius 2 is 2.24 bits per heavy atom. The fourth-order valence-corrected chi connectivity index (χ4v) is 3.94. The van der Waals surface area contributed by atoms with E-state index in [1.807, 2.05) is 0 Å². The summed E-state index contributed by atoms with van der Waals surface area (Å²) in [5, 5.41) is 3.26. The van der Waals surface area contributed by atoms with E-state index in [1.165, 1.54) is 0 Å². The Morgan fingerprint density at radius 1 is 1.48 bits per heavy atom. The van der Waals surface area contributed by atoms with Gasteiger partial charge in [-0.2, -0.15) is 4.31 Å². The molecule has 1 aromatic rings. The maximum absolute atomic E-state index is 12.7. The maximum Gasteiger partial charge on any atom is 0.244 e. The quantitative estimate of drug-likeness (QED) is 0.639. The van der Waals surface area contributed by atoms with Gasteiger partial charge in [-0.15, -0.1) is 0 Å². The van der Waals surface area contributed by atoms with Crippen LogP contribution in [0, 0.1) is 0 Å². The van der Waals surface area contributed by atoms with E-state index >= 15 is 0 Å². The second kappa shape index (κ2) is 7.40. The molecule has 0 atom stereocenters. The molecule has 2 rings (SSSR count). The Bertz CT molecular complexity index is 537. The number of sulfonamides is 1. The molecular weight excluding hydrogens is 290 g/mol. The monoisotopic (exact) mass is 315 g/mol. The molecule has 2 N–H and O–H groups in total. The van der Waals surface area contributed by atoms with Crippen LogP contribution in [-0.4, -0.2) is 50.6 Å². The molecule has 0 aromatic carbocycles. The Kier molecular flexibility index (Phi) is 5.80. The standard InChI is InChI=1S/C14H25N3O3S/c1-3-6-15-10-12-9-14(11-16-12)21(18,19)17(7-8-20-2)13-4-5-13/h9,11,13,15-16H,3-8,10H2,1-2H3. The zero-order valence-corrected chi connectivity index (χ0v) is 13.6. The summed E-state index contributed by atoms with van der Waals surface area (Å²) in [6.07, 6.45) is 4.52.